The Kier molecular flexibility index (Phi) is 11.0. The number of ether oxygens (including phenoxy) is 4. The zero-order chi connectivity index (χ0) is 43.4. The lowest BCUT2D eigenvalue weighted by Gasteiger charge is -2.52. The van der Waals surface area contributed by atoms with Gasteiger partial charge in [-0.25, -0.2) is 15.0 Å². The van der Waals surface area contributed by atoms with Crippen LogP contribution in [0, 0.1) is 23.2 Å². The predicted molar refractivity (Wildman–Crippen MR) is 237 cm³/mol. The molecule has 0 radical (unpaired) electrons. The second-order valence-corrected chi connectivity index (χ2v) is 31.9. The van der Waals surface area contributed by atoms with Crippen LogP contribution in [0.3, 0.4) is 0 Å². The number of fused-ring (bicyclic) bond motifs is 7. The van der Waals surface area contributed by atoms with Crippen LogP contribution in [0.1, 0.15) is 124 Å². The van der Waals surface area contributed by atoms with Gasteiger partial charge in [0.15, 0.2) is 31.8 Å². The zero-order valence-electron chi connectivity index (χ0n) is 38.5. The number of benzene rings is 1. The third kappa shape index (κ3) is 7.77. The van der Waals surface area contributed by atoms with Crippen molar-refractivity contribution in [3.05, 3.63) is 42.0 Å². The Balaban J connectivity index is 0.964. The maximum atomic E-state index is 13.7. The van der Waals surface area contributed by atoms with Gasteiger partial charge in [-0.2, -0.15) is 0 Å². The smallest absolute Gasteiger partial charge is 0.305 e. The molecule has 8 rings (SSSR count). The number of aryl methyl sites for hydroxylation is 1. The number of imidazole rings is 1. The fraction of sp³-hybridized carbons (Fsp3) is 0.739. The van der Waals surface area contributed by atoms with Gasteiger partial charge in [0.2, 0.25) is 8.32 Å². The Labute approximate surface area is 359 Å². The first kappa shape index (κ1) is 43.7. The first-order chi connectivity index (χ1) is 27.9. The molecule has 0 bridgehead atoms. The van der Waals surface area contributed by atoms with Crippen molar-refractivity contribution in [1.82, 2.24) is 19.5 Å². The highest BCUT2D eigenvalue weighted by Crippen LogP contribution is 2.64. The molecule has 2 N–H and O–H groups in total. The van der Waals surface area contributed by atoms with E-state index in [4.69, 9.17) is 33.5 Å². The number of nitrogens with two attached hydrogens (primary N) is 1. The molecule has 2 saturated carbocycles. The van der Waals surface area contributed by atoms with Gasteiger partial charge in [0.1, 0.15) is 42.5 Å². The second kappa shape index (κ2) is 15.1. The number of hydrogen-bond donors (Lipinski definition) is 1. The normalized spacial score (nSPS) is 32.6. The molecular weight excluding hydrogens is 791 g/mol. The predicted octanol–water partition coefficient (Wildman–Crippen LogP) is 9.71. The van der Waals surface area contributed by atoms with Gasteiger partial charge in [0, 0.05) is 6.42 Å². The summed E-state index contributed by atoms with van der Waals surface area (Å²) >= 11 is 0. The van der Waals surface area contributed by atoms with Crippen molar-refractivity contribution in [1.29, 1.82) is 0 Å². The van der Waals surface area contributed by atoms with Crippen molar-refractivity contribution in [2.24, 2.45) is 23.2 Å². The minimum Gasteiger partial charge on any atom is -0.543 e. The van der Waals surface area contributed by atoms with Gasteiger partial charge in [-0.15, -0.1) is 0 Å². The van der Waals surface area contributed by atoms with E-state index in [1.807, 2.05) is 13.8 Å². The number of carbonyl (C=O) groups excluding carboxylic acids is 1. The van der Waals surface area contributed by atoms with Crippen molar-refractivity contribution in [3.63, 3.8) is 0 Å². The Morgan fingerprint density at radius 3 is 2.40 bits per heavy atom. The van der Waals surface area contributed by atoms with Crippen LogP contribution in [0.4, 0.5) is 5.82 Å². The minimum atomic E-state index is -2.13. The minimum absolute atomic E-state index is 0.0511. The molecule has 5 aliphatic rings. The van der Waals surface area contributed by atoms with Crippen molar-refractivity contribution in [2.45, 2.75) is 186 Å². The summed E-state index contributed by atoms with van der Waals surface area (Å²) < 4.78 is 41.3. The fourth-order valence-electron chi connectivity index (χ4n) is 10.8. The van der Waals surface area contributed by atoms with Gasteiger partial charge < -0.3 is 33.5 Å². The highest BCUT2D eigenvalue weighted by atomic mass is 28.4. The number of hydrogen-bond acceptors (Lipinski definition) is 11. The number of nitrogen functional groups attached to an aromatic ring is 1. The van der Waals surface area contributed by atoms with Gasteiger partial charge in [0.25, 0.3) is 0 Å². The molecule has 2 saturated heterocycles. The molecule has 4 heterocycles. The molecular formula is C46H71N5O7Si2. The third-order valence-electron chi connectivity index (χ3n) is 16.1. The SMILES string of the molecule is CC1(C)O[C@@H]2[C@H](O1)[C@@H](COC(=O)CC[C@@H]1C[C@H]3[C@@H]4CCc5cc(O[Si](C)(C)C(C)(C)C)ccc5[C@H]4CC[C@]3(C)[C@H]1O[Si](C)(C)C(C)(C)C)O[C@H]2n1cnc2c(N)ncnc21. The molecule has 0 spiro atoms. The summed E-state index contributed by atoms with van der Waals surface area (Å²) in [6.45, 7) is 29.7. The summed E-state index contributed by atoms with van der Waals surface area (Å²) in [5, 5.41) is 0.232. The lowest BCUT2D eigenvalue weighted by Crippen LogP contribution is -2.51. The summed E-state index contributed by atoms with van der Waals surface area (Å²) in [7, 11) is -4.06. The molecule has 3 aromatic rings. The van der Waals surface area contributed by atoms with Gasteiger partial charge in [0.05, 0.1) is 12.4 Å². The topological polar surface area (TPSA) is 142 Å². The Morgan fingerprint density at radius 1 is 0.967 bits per heavy atom. The lowest BCUT2D eigenvalue weighted by molar-refractivity contribution is -0.202. The molecule has 0 unspecified atom stereocenters. The van der Waals surface area contributed by atoms with Gasteiger partial charge in [-0.1, -0.05) is 54.5 Å². The van der Waals surface area contributed by atoms with Gasteiger partial charge in [-0.05, 0) is 141 Å². The quantitative estimate of drug-likeness (QED) is 0.154. The molecule has 2 aromatic heterocycles. The Hall–Kier alpha value is -2.89. The summed E-state index contributed by atoms with van der Waals surface area (Å²) in [5.74, 6) is 2.22. The zero-order valence-corrected chi connectivity index (χ0v) is 40.5. The van der Waals surface area contributed by atoms with Crippen LogP contribution in [0.25, 0.3) is 11.2 Å². The van der Waals surface area contributed by atoms with Gasteiger partial charge in [-0.3, -0.25) is 9.36 Å². The molecule has 1 aromatic carbocycles. The molecule has 12 nitrogen and oxygen atoms in total. The summed E-state index contributed by atoms with van der Waals surface area (Å²) in [4.78, 5) is 26.7. The molecule has 3 aliphatic carbocycles. The van der Waals surface area contributed by atoms with E-state index in [9.17, 15) is 4.79 Å². The summed E-state index contributed by atoms with van der Waals surface area (Å²) in [5.41, 5.74) is 10.2. The summed E-state index contributed by atoms with van der Waals surface area (Å²) in [6, 6.07) is 7.00. The van der Waals surface area contributed by atoms with Crippen LogP contribution in [0.5, 0.6) is 5.75 Å². The molecule has 14 heteroatoms. The van der Waals surface area contributed by atoms with Crippen molar-refractivity contribution in [3.8, 4) is 5.75 Å². The molecule has 10 atom stereocenters. The van der Waals surface area contributed by atoms with Crippen molar-refractivity contribution < 1.29 is 32.6 Å². The largest absolute Gasteiger partial charge is 0.543 e. The van der Waals surface area contributed by atoms with E-state index < -0.39 is 47.0 Å². The number of anilines is 1. The first-order valence-corrected chi connectivity index (χ1v) is 28.3. The average molecular weight is 862 g/mol. The number of nitrogens with zero attached hydrogens (tertiary/aromatic N) is 4. The van der Waals surface area contributed by atoms with Crippen LogP contribution in [0.15, 0.2) is 30.9 Å². The number of rotatable bonds is 10. The number of carbonyl (C=O) groups is 1. The monoisotopic (exact) mass is 861 g/mol. The highest BCUT2D eigenvalue weighted by molar-refractivity contribution is 6.75. The van der Waals surface area contributed by atoms with E-state index >= 15 is 0 Å². The van der Waals surface area contributed by atoms with E-state index in [0.717, 1.165) is 31.4 Å². The van der Waals surface area contributed by atoms with Crippen LogP contribution in [-0.2, 0) is 34.6 Å². The fourth-order valence-corrected chi connectivity index (χ4v) is 13.3. The molecule has 4 fully saturated rings. The number of aromatic nitrogens is 4. The first-order valence-electron chi connectivity index (χ1n) is 22.5. The van der Waals surface area contributed by atoms with Gasteiger partial charge >= 0.3 is 5.97 Å². The maximum absolute atomic E-state index is 13.7. The highest BCUT2D eigenvalue weighted by Gasteiger charge is 2.61. The molecule has 0 amide bonds. The van der Waals surface area contributed by atoms with E-state index in [0.29, 0.717) is 41.2 Å². The number of esters is 1. The lowest BCUT2D eigenvalue weighted by atomic mass is 9.55. The van der Waals surface area contributed by atoms with E-state index in [1.165, 1.54) is 30.3 Å². The summed E-state index contributed by atoms with van der Waals surface area (Å²) in [6.07, 6.45) is 7.83. The van der Waals surface area contributed by atoms with E-state index in [-0.39, 0.29) is 40.1 Å². The van der Waals surface area contributed by atoms with Crippen LogP contribution in [0.2, 0.25) is 36.3 Å². The van der Waals surface area contributed by atoms with Crippen LogP contribution >= 0.6 is 0 Å². The molecule has 330 valence electrons. The average Bonchev–Trinajstić information content (AvgIpc) is 3.88. The van der Waals surface area contributed by atoms with Crippen molar-refractivity contribution >= 4 is 39.6 Å². The van der Waals surface area contributed by atoms with Crippen molar-refractivity contribution in [2.75, 3.05) is 12.3 Å². The van der Waals surface area contributed by atoms with E-state index in [1.54, 1.807) is 10.9 Å². The second-order valence-electron chi connectivity index (χ2n) is 22.4. The Bertz CT molecular complexity index is 2090. The molecule has 2 aliphatic heterocycles. The Morgan fingerprint density at radius 2 is 1.68 bits per heavy atom. The molecule has 60 heavy (non-hydrogen) atoms. The maximum Gasteiger partial charge on any atom is 0.305 e. The third-order valence-corrected chi connectivity index (χ3v) is 24.9. The van der Waals surface area contributed by atoms with Crippen LogP contribution in [-0.4, -0.2) is 78.9 Å². The van der Waals surface area contributed by atoms with Crippen LogP contribution < -0.4 is 10.2 Å². The standard InChI is InChI=1S/C46H71N5O7Si2/c1-43(2,3)59(10,11)57-29-16-18-30-27(22-29)14-17-32-31(30)20-21-46(9)33(32)23-28(39(46)58-60(12,13)44(4,5)6)15-19-35(52)53-24-34-37-38(56-45(7,8)55-37)42(54-34)51-26-50-36-40(47)48-25-49-41(36)51/h16,18,22,25-26,28,31-34,37-39,42H,14-15,17,19-21,23-24H2,1-13H3,(H2,47,48,49)/t28-,31-,32-,33+,34-,37-,38-,39+,42-,46+/m1/s1. The van der Waals surface area contributed by atoms with E-state index in [2.05, 4.69) is 108 Å².